The van der Waals surface area contributed by atoms with Crippen LogP contribution in [0.5, 0.6) is 5.75 Å². The maximum absolute atomic E-state index is 9.17. The van der Waals surface area contributed by atoms with Crippen molar-refractivity contribution in [2.75, 3.05) is 12.8 Å². The van der Waals surface area contributed by atoms with Crippen molar-refractivity contribution >= 4 is 16.6 Å². The normalized spacial score (nSPS) is 10.3. The second kappa shape index (κ2) is 5.14. The van der Waals surface area contributed by atoms with Gasteiger partial charge in [-0.05, 0) is 18.2 Å². The van der Waals surface area contributed by atoms with Gasteiger partial charge in [-0.15, -0.1) is 0 Å². The molecule has 0 aliphatic heterocycles. The average Bonchev–Trinajstić information content (AvgIpc) is 2.53. The number of aromatic nitrogens is 1. The third kappa shape index (κ3) is 2.26. The van der Waals surface area contributed by atoms with E-state index in [0.717, 1.165) is 22.2 Å². The molecule has 0 bridgehead atoms. The Kier molecular flexibility index (Phi) is 3.17. The summed E-state index contributed by atoms with van der Waals surface area (Å²) in [5.74, 6) is 0.527. The fraction of sp³-hybridized carbons (Fsp3) is 0.0588. The van der Waals surface area contributed by atoms with E-state index in [4.69, 9.17) is 15.7 Å². The van der Waals surface area contributed by atoms with Crippen LogP contribution in [-0.2, 0) is 0 Å². The lowest BCUT2D eigenvalue weighted by molar-refractivity contribution is 0.414. The molecule has 102 valence electrons. The van der Waals surface area contributed by atoms with Crippen LogP contribution in [-0.4, -0.2) is 12.1 Å². The van der Waals surface area contributed by atoms with E-state index in [0.29, 0.717) is 17.0 Å². The molecule has 4 nitrogen and oxygen atoms in total. The molecule has 3 aromatic rings. The first-order valence-corrected chi connectivity index (χ1v) is 6.46. The number of anilines is 1. The summed E-state index contributed by atoms with van der Waals surface area (Å²) in [6.07, 6.45) is 0. The number of pyridine rings is 1. The number of fused-ring (bicyclic) bond motifs is 1. The van der Waals surface area contributed by atoms with Crippen molar-refractivity contribution in [1.29, 1.82) is 5.26 Å². The Morgan fingerprint density at radius 3 is 2.57 bits per heavy atom. The number of hydrogen-bond donors (Lipinski definition) is 1. The van der Waals surface area contributed by atoms with Crippen LogP contribution in [0.2, 0.25) is 0 Å². The quantitative estimate of drug-likeness (QED) is 0.778. The predicted octanol–water partition coefficient (Wildman–Crippen LogP) is 3.36. The summed E-state index contributed by atoms with van der Waals surface area (Å²) in [5, 5.41) is 10.0. The van der Waals surface area contributed by atoms with Crippen LogP contribution in [0, 0.1) is 11.3 Å². The summed E-state index contributed by atoms with van der Waals surface area (Å²) in [6, 6.07) is 17.2. The number of nitrogens with zero attached hydrogens (tertiary/aromatic N) is 2. The van der Waals surface area contributed by atoms with Crippen LogP contribution in [0.4, 0.5) is 5.69 Å². The topological polar surface area (TPSA) is 71.9 Å². The number of benzene rings is 2. The highest BCUT2D eigenvalue weighted by molar-refractivity contribution is 5.90. The molecule has 21 heavy (non-hydrogen) atoms. The molecule has 1 heterocycles. The van der Waals surface area contributed by atoms with E-state index in [9.17, 15) is 0 Å². The van der Waals surface area contributed by atoms with Crippen LogP contribution in [0.3, 0.4) is 0 Å². The number of methoxy groups -OCH3 is 1. The monoisotopic (exact) mass is 275 g/mol. The van der Waals surface area contributed by atoms with E-state index in [1.165, 1.54) is 7.11 Å². The number of nitrogen functional groups attached to an aromatic ring is 1. The first-order valence-electron chi connectivity index (χ1n) is 6.46. The molecule has 0 spiro atoms. The summed E-state index contributed by atoms with van der Waals surface area (Å²) in [5.41, 5.74) is 9.56. The van der Waals surface area contributed by atoms with Gasteiger partial charge in [-0.25, -0.2) is 4.98 Å². The van der Waals surface area contributed by atoms with Gasteiger partial charge in [-0.2, -0.15) is 5.26 Å². The van der Waals surface area contributed by atoms with Crippen molar-refractivity contribution in [3.8, 4) is 23.1 Å². The number of hydrogen-bond acceptors (Lipinski definition) is 4. The van der Waals surface area contributed by atoms with Gasteiger partial charge in [0.2, 0.25) is 0 Å². The van der Waals surface area contributed by atoms with Gasteiger partial charge in [0, 0.05) is 10.9 Å². The van der Waals surface area contributed by atoms with E-state index in [-0.39, 0.29) is 0 Å². The highest BCUT2D eigenvalue weighted by Gasteiger charge is 2.10. The Hall–Kier alpha value is -3.06. The van der Waals surface area contributed by atoms with Crippen LogP contribution in [0.15, 0.2) is 48.5 Å². The summed E-state index contributed by atoms with van der Waals surface area (Å²) in [4.78, 5) is 4.60. The average molecular weight is 275 g/mol. The zero-order valence-electron chi connectivity index (χ0n) is 11.5. The second-order valence-corrected chi connectivity index (χ2v) is 4.65. The highest BCUT2D eigenvalue weighted by atomic mass is 16.5. The zero-order chi connectivity index (χ0) is 14.8. The fourth-order valence-electron chi connectivity index (χ4n) is 2.30. The van der Waals surface area contributed by atoms with Gasteiger partial charge in [-0.3, -0.25) is 0 Å². The molecular formula is C17H13N3O. The highest BCUT2D eigenvalue weighted by Crippen LogP contribution is 2.30. The molecule has 4 heteroatoms. The van der Waals surface area contributed by atoms with Gasteiger partial charge in [0.15, 0.2) is 0 Å². The summed E-state index contributed by atoms with van der Waals surface area (Å²) in [6.45, 7) is 0. The predicted molar refractivity (Wildman–Crippen MR) is 82.9 cm³/mol. The minimum atomic E-state index is 0.460. The molecule has 2 aromatic carbocycles. The van der Waals surface area contributed by atoms with Crippen molar-refractivity contribution in [3.05, 3.63) is 54.1 Å². The lowest BCUT2D eigenvalue weighted by Gasteiger charge is -2.09. The molecule has 0 saturated carbocycles. The smallest absolute Gasteiger partial charge is 0.137 e. The maximum Gasteiger partial charge on any atom is 0.137 e. The number of nitriles is 1. The number of rotatable bonds is 2. The minimum absolute atomic E-state index is 0.460. The van der Waals surface area contributed by atoms with Crippen LogP contribution >= 0.6 is 0 Å². The third-order valence-electron chi connectivity index (χ3n) is 3.33. The van der Waals surface area contributed by atoms with E-state index in [1.54, 1.807) is 12.1 Å². The maximum atomic E-state index is 9.17. The van der Waals surface area contributed by atoms with Crippen molar-refractivity contribution in [2.45, 2.75) is 0 Å². The van der Waals surface area contributed by atoms with E-state index >= 15 is 0 Å². The van der Waals surface area contributed by atoms with Crippen molar-refractivity contribution in [3.63, 3.8) is 0 Å². The molecule has 0 aliphatic rings. The van der Waals surface area contributed by atoms with Gasteiger partial charge in [0.05, 0.1) is 29.6 Å². The molecule has 0 fully saturated rings. The summed E-state index contributed by atoms with van der Waals surface area (Å²) in [7, 11) is 1.54. The van der Waals surface area contributed by atoms with Crippen LogP contribution in [0.25, 0.3) is 22.2 Å². The summed E-state index contributed by atoms with van der Waals surface area (Å²) < 4.78 is 5.21. The fourth-order valence-corrected chi connectivity index (χ4v) is 2.30. The lowest BCUT2D eigenvalue weighted by Crippen LogP contribution is -1.96. The van der Waals surface area contributed by atoms with Gasteiger partial charge < -0.3 is 10.5 Å². The van der Waals surface area contributed by atoms with E-state index < -0.39 is 0 Å². The van der Waals surface area contributed by atoms with Crippen molar-refractivity contribution in [2.24, 2.45) is 0 Å². The first-order chi connectivity index (χ1) is 10.2. The van der Waals surface area contributed by atoms with Crippen molar-refractivity contribution < 1.29 is 4.74 Å². The molecule has 0 atom stereocenters. The summed E-state index contributed by atoms with van der Waals surface area (Å²) >= 11 is 0. The molecule has 0 saturated heterocycles. The SMILES string of the molecule is COc1cc2cc(N)c(-c3ccccc3)nc2cc1C#N. The van der Waals surface area contributed by atoms with Gasteiger partial charge in [0.1, 0.15) is 11.8 Å². The van der Waals surface area contributed by atoms with Gasteiger partial charge in [-0.1, -0.05) is 30.3 Å². The molecule has 1 aromatic heterocycles. The van der Waals surface area contributed by atoms with Crippen molar-refractivity contribution in [1.82, 2.24) is 4.98 Å². The van der Waals surface area contributed by atoms with Crippen LogP contribution < -0.4 is 10.5 Å². The molecule has 0 amide bonds. The Labute approximate surface area is 122 Å². The first kappa shape index (κ1) is 12.9. The van der Waals surface area contributed by atoms with Gasteiger partial charge in [0.25, 0.3) is 0 Å². The molecule has 3 rings (SSSR count). The Bertz CT molecular complexity index is 851. The lowest BCUT2D eigenvalue weighted by atomic mass is 10.1. The third-order valence-corrected chi connectivity index (χ3v) is 3.33. The number of ether oxygens (including phenoxy) is 1. The molecule has 0 radical (unpaired) electrons. The van der Waals surface area contributed by atoms with E-state index in [2.05, 4.69) is 11.1 Å². The largest absolute Gasteiger partial charge is 0.495 e. The van der Waals surface area contributed by atoms with Crippen LogP contribution in [0.1, 0.15) is 5.56 Å². The zero-order valence-corrected chi connectivity index (χ0v) is 11.5. The van der Waals surface area contributed by atoms with Gasteiger partial charge >= 0.3 is 0 Å². The molecule has 0 aliphatic carbocycles. The Morgan fingerprint density at radius 2 is 1.90 bits per heavy atom. The Balaban J connectivity index is 2.26. The van der Waals surface area contributed by atoms with E-state index in [1.807, 2.05) is 36.4 Å². The standard InChI is InChI=1S/C17H13N3O/c1-21-16-9-12-7-14(19)17(11-5-3-2-4-6-11)20-15(12)8-13(16)10-18/h2-9H,19H2,1H3. The Morgan fingerprint density at radius 1 is 1.14 bits per heavy atom. The molecular weight excluding hydrogens is 262 g/mol. The second-order valence-electron chi connectivity index (χ2n) is 4.65. The molecule has 0 unspecified atom stereocenters. The minimum Gasteiger partial charge on any atom is -0.495 e. The number of nitrogens with two attached hydrogens (primary N) is 1. The molecule has 2 N–H and O–H groups in total.